The molecule has 0 amide bonds. The van der Waals surface area contributed by atoms with Gasteiger partial charge in [-0.3, -0.25) is 0 Å². The number of rotatable bonds is 6. The average molecular weight is 507 g/mol. The molecule has 0 aliphatic heterocycles. The Balaban J connectivity index is 0.000000181. The van der Waals surface area contributed by atoms with Crippen LogP contribution in [0.25, 0.3) is 33.0 Å². The van der Waals surface area contributed by atoms with Crippen LogP contribution in [0.2, 0.25) is 0 Å². The Bertz CT molecular complexity index is 1490. The van der Waals surface area contributed by atoms with E-state index in [2.05, 4.69) is 155 Å². The van der Waals surface area contributed by atoms with Gasteiger partial charge in [0.15, 0.2) is 0 Å². The molecule has 0 aromatic heterocycles. The molecule has 0 unspecified atom stereocenters. The zero-order valence-electron chi connectivity index (χ0n) is 23.6. The van der Waals surface area contributed by atoms with Crippen LogP contribution in [0.3, 0.4) is 0 Å². The second-order valence-corrected chi connectivity index (χ2v) is 10.00. The molecule has 5 aromatic rings. The smallest absolute Gasteiger partial charge is 0.00669 e. The Morgan fingerprint density at radius 2 is 1.08 bits per heavy atom. The molecule has 0 saturated carbocycles. The van der Waals surface area contributed by atoms with E-state index in [1.807, 2.05) is 19.1 Å². The highest BCUT2D eigenvalue weighted by Gasteiger charge is 2.11. The van der Waals surface area contributed by atoms with E-state index in [-0.39, 0.29) is 0 Å². The highest BCUT2D eigenvalue weighted by molar-refractivity contribution is 5.86. The Kier molecular flexibility index (Phi) is 9.48. The Morgan fingerprint density at radius 1 is 0.615 bits per heavy atom. The number of benzene rings is 5. The summed E-state index contributed by atoms with van der Waals surface area (Å²) in [6.45, 7) is 12.4. The third-order valence-corrected chi connectivity index (χ3v) is 7.16. The Hall–Kier alpha value is -4.42. The molecule has 0 radical (unpaired) electrons. The van der Waals surface area contributed by atoms with E-state index >= 15 is 0 Å². The van der Waals surface area contributed by atoms with Gasteiger partial charge in [-0.15, -0.1) is 0 Å². The summed E-state index contributed by atoms with van der Waals surface area (Å²) in [6.07, 6.45) is 8.20. The molecule has 0 spiro atoms. The van der Waals surface area contributed by atoms with E-state index < -0.39 is 0 Å². The lowest BCUT2D eigenvalue weighted by atomic mass is 9.89. The highest BCUT2D eigenvalue weighted by Crippen LogP contribution is 2.31. The first kappa shape index (κ1) is 27.6. The van der Waals surface area contributed by atoms with Crippen molar-refractivity contribution in [3.63, 3.8) is 0 Å². The number of hydrogen-bond donors (Lipinski definition) is 0. The first-order chi connectivity index (χ1) is 19.0. The number of allylic oxidation sites excluding steroid dienone is 5. The fraction of sp³-hybridized carbons (Fsp3) is 0.128. The fourth-order valence-electron chi connectivity index (χ4n) is 4.75. The molecule has 194 valence electrons. The lowest BCUT2D eigenvalue weighted by molar-refractivity contribution is 0.933. The van der Waals surface area contributed by atoms with E-state index in [1.165, 1.54) is 55.3 Å². The first-order valence-corrected chi connectivity index (χ1v) is 13.7. The van der Waals surface area contributed by atoms with Crippen molar-refractivity contribution < 1.29 is 0 Å². The molecule has 1 atom stereocenters. The minimum Gasteiger partial charge on any atom is -0.0988 e. The second kappa shape index (κ2) is 13.4. The summed E-state index contributed by atoms with van der Waals surface area (Å²) < 4.78 is 0. The monoisotopic (exact) mass is 506 g/mol. The largest absolute Gasteiger partial charge is 0.0988 e. The molecule has 0 aliphatic rings. The zero-order valence-corrected chi connectivity index (χ0v) is 23.6. The van der Waals surface area contributed by atoms with E-state index in [9.17, 15) is 0 Å². The Labute approximate surface area is 234 Å². The van der Waals surface area contributed by atoms with Crippen LogP contribution in [0.4, 0.5) is 0 Å². The molecule has 0 aliphatic carbocycles. The molecular formula is C39H38. The molecule has 0 N–H and O–H groups in total. The Morgan fingerprint density at radius 3 is 1.56 bits per heavy atom. The van der Waals surface area contributed by atoms with Crippen molar-refractivity contribution in [2.45, 2.75) is 33.6 Å². The molecule has 0 bridgehead atoms. The number of aryl methyl sites for hydroxylation is 2. The van der Waals surface area contributed by atoms with Gasteiger partial charge >= 0.3 is 0 Å². The summed E-state index contributed by atoms with van der Waals surface area (Å²) >= 11 is 0. The van der Waals surface area contributed by atoms with E-state index in [4.69, 9.17) is 0 Å². The van der Waals surface area contributed by atoms with Crippen molar-refractivity contribution in [2.75, 3.05) is 0 Å². The molecule has 39 heavy (non-hydrogen) atoms. The van der Waals surface area contributed by atoms with Crippen molar-refractivity contribution in [3.05, 3.63) is 168 Å². The van der Waals surface area contributed by atoms with E-state index in [1.54, 1.807) is 0 Å². The normalized spacial score (nSPS) is 12.2. The van der Waals surface area contributed by atoms with E-state index in [0.717, 1.165) is 0 Å². The van der Waals surface area contributed by atoms with Crippen molar-refractivity contribution in [1.29, 1.82) is 0 Å². The summed E-state index contributed by atoms with van der Waals surface area (Å²) in [5.74, 6) is 0.347. The van der Waals surface area contributed by atoms with Crippen LogP contribution in [0, 0.1) is 13.8 Å². The summed E-state index contributed by atoms with van der Waals surface area (Å²) in [5, 5.41) is 2.62. The number of fused-ring (bicyclic) bond motifs is 1. The van der Waals surface area contributed by atoms with Crippen LogP contribution in [-0.4, -0.2) is 0 Å². The molecule has 0 fully saturated rings. The summed E-state index contributed by atoms with van der Waals surface area (Å²) in [4.78, 5) is 0. The highest BCUT2D eigenvalue weighted by atomic mass is 14.1. The SMILES string of the molecule is C=C/C(=C\C=C/C)[C@H](C)c1cccc2ccccc12.Cc1ccc(-c2ccc(-c3ccc(C)cc3)cc2)cc1. The predicted octanol–water partition coefficient (Wildman–Crippen LogP) is 11.3. The standard InChI is InChI=1S/C20H18.C19H20/c1-15-3-7-17(8-4-15)19-11-13-20(14-12-19)18-9-5-16(2)6-10-18;1-4-6-10-16(5-2)15(3)18-14-9-12-17-11-7-8-13-19(17)18/h3-14H,1-2H3;4-15H,2H2,1,3H3/b;6-4-,16-10+/t;15-/m.0/s1. The third-order valence-electron chi connectivity index (χ3n) is 7.16. The van der Waals surface area contributed by atoms with Gasteiger partial charge in [0.1, 0.15) is 0 Å². The van der Waals surface area contributed by atoms with E-state index in [0.29, 0.717) is 5.92 Å². The van der Waals surface area contributed by atoms with Crippen LogP contribution >= 0.6 is 0 Å². The van der Waals surface area contributed by atoms with Crippen LogP contribution in [0.1, 0.15) is 36.5 Å². The maximum Gasteiger partial charge on any atom is 0.00669 e. The van der Waals surface area contributed by atoms with Crippen LogP contribution in [-0.2, 0) is 0 Å². The lowest BCUT2D eigenvalue weighted by Crippen LogP contribution is -1.97. The van der Waals surface area contributed by atoms with Gasteiger partial charge in [0.05, 0.1) is 0 Å². The minimum absolute atomic E-state index is 0.347. The molecule has 0 heteroatoms. The first-order valence-electron chi connectivity index (χ1n) is 13.7. The summed E-state index contributed by atoms with van der Waals surface area (Å²) in [7, 11) is 0. The summed E-state index contributed by atoms with van der Waals surface area (Å²) in [6, 6.07) is 41.1. The molecular weight excluding hydrogens is 468 g/mol. The predicted molar refractivity (Wildman–Crippen MR) is 172 cm³/mol. The zero-order chi connectivity index (χ0) is 27.6. The fourth-order valence-corrected chi connectivity index (χ4v) is 4.75. The van der Waals surface area contributed by atoms with Crippen LogP contribution in [0.15, 0.2) is 152 Å². The molecule has 0 heterocycles. The van der Waals surface area contributed by atoms with Gasteiger partial charge in [0.25, 0.3) is 0 Å². The van der Waals surface area contributed by atoms with Gasteiger partial charge < -0.3 is 0 Å². The van der Waals surface area contributed by atoms with Gasteiger partial charge in [-0.05, 0) is 64.9 Å². The minimum atomic E-state index is 0.347. The van der Waals surface area contributed by atoms with Gasteiger partial charge in [0.2, 0.25) is 0 Å². The van der Waals surface area contributed by atoms with Crippen LogP contribution < -0.4 is 0 Å². The van der Waals surface area contributed by atoms with Gasteiger partial charge in [-0.25, -0.2) is 0 Å². The maximum absolute atomic E-state index is 3.94. The molecule has 0 nitrogen and oxygen atoms in total. The second-order valence-electron chi connectivity index (χ2n) is 10.00. The van der Waals surface area contributed by atoms with Crippen molar-refractivity contribution in [1.82, 2.24) is 0 Å². The van der Waals surface area contributed by atoms with Crippen LogP contribution in [0.5, 0.6) is 0 Å². The average Bonchev–Trinajstić information content (AvgIpc) is 2.98. The third kappa shape index (κ3) is 7.12. The molecule has 5 aromatic carbocycles. The van der Waals surface area contributed by atoms with Crippen molar-refractivity contribution >= 4 is 10.8 Å². The van der Waals surface area contributed by atoms with Crippen molar-refractivity contribution in [3.8, 4) is 22.3 Å². The molecule has 0 saturated heterocycles. The summed E-state index contributed by atoms with van der Waals surface area (Å²) in [5.41, 5.74) is 10.3. The van der Waals surface area contributed by atoms with Gasteiger partial charge in [-0.2, -0.15) is 0 Å². The van der Waals surface area contributed by atoms with Crippen molar-refractivity contribution in [2.24, 2.45) is 0 Å². The topological polar surface area (TPSA) is 0 Å². The quantitative estimate of drug-likeness (QED) is 0.201. The number of hydrogen-bond acceptors (Lipinski definition) is 0. The maximum atomic E-state index is 3.94. The van der Waals surface area contributed by atoms with Gasteiger partial charge in [-0.1, -0.05) is 164 Å². The molecule has 5 rings (SSSR count). The lowest BCUT2D eigenvalue weighted by Gasteiger charge is -2.15. The van der Waals surface area contributed by atoms with Gasteiger partial charge in [0, 0.05) is 5.92 Å².